The van der Waals surface area contributed by atoms with Crippen LogP contribution in [0.15, 0.2) is 42.0 Å². The summed E-state index contributed by atoms with van der Waals surface area (Å²) >= 11 is 2.18. The Kier molecular flexibility index (Phi) is 3.99. The van der Waals surface area contributed by atoms with Crippen molar-refractivity contribution in [3.05, 3.63) is 51.1 Å². The standard InChI is InChI=1S/C15H13IO4/c1-15(14(19)20)7-10(6-11(8-15)13(17)18)9-2-4-12(16)5-3-9/h2-7H,8H2,1H3,(H,17,18)(H,19,20). The molecule has 2 rings (SSSR count). The van der Waals surface area contributed by atoms with Gasteiger partial charge in [-0.25, -0.2) is 4.79 Å². The monoisotopic (exact) mass is 384 g/mol. The third-order valence-electron chi connectivity index (χ3n) is 3.30. The van der Waals surface area contributed by atoms with Gasteiger partial charge in [-0.2, -0.15) is 0 Å². The van der Waals surface area contributed by atoms with Crippen molar-refractivity contribution in [3.63, 3.8) is 0 Å². The number of aliphatic carboxylic acids is 2. The lowest BCUT2D eigenvalue weighted by molar-refractivity contribution is -0.145. The molecule has 1 unspecified atom stereocenters. The largest absolute Gasteiger partial charge is 0.481 e. The van der Waals surface area contributed by atoms with E-state index in [2.05, 4.69) is 22.6 Å². The van der Waals surface area contributed by atoms with Crippen LogP contribution in [0, 0.1) is 8.99 Å². The van der Waals surface area contributed by atoms with Crippen LogP contribution in [-0.4, -0.2) is 22.2 Å². The van der Waals surface area contributed by atoms with E-state index in [9.17, 15) is 19.8 Å². The van der Waals surface area contributed by atoms with Gasteiger partial charge in [0, 0.05) is 9.14 Å². The van der Waals surface area contributed by atoms with Crippen LogP contribution in [-0.2, 0) is 9.59 Å². The number of hydrogen-bond acceptors (Lipinski definition) is 2. The fourth-order valence-corrected chi connectivity index (χ4v) is 2.51. The van der Waals surface area contributed by atoms with Crippen LogP contribution in [0.1, 0.15) is 18.9 Å². The first kappa shape index (κ1) is 14.8. The van der Waals surface area contributed by atoms with Gasteiger partial charge >= 0.3 is 11.9 Å². The van der Waals surface area contributed by atoms with Crippen molar-refractivity contribution in [1.82, 2.24) is 0 Å². The van der Waals surface area contributed by atoms with Crippen LogP contribution in [0.4, 0.5) is 0 Å². The minimum atomic E-state index is -1.19. The Morgan fingerprint density at radius 2 is 1.80 bits per heavy atom. The van der Waals surface area contributed by atoms with Gasteiger partial charge in [-0.3, -0.25) is 4.79 Å². The van der Waals surface area contributed by atoms with Crippen LogP contribution < -0.4 is 0 Å². The molecule has 0 radical (unpaired) electrons. The molecule has 0 aliphatic heterocycles. The predicted octanol–water partition coefficient (Wildman–Crippen LogP) is 3.18. The molecule has 4 nitrogen and oxygen atoms in total. The summed E-state index contributed by atoms with van der Waals surface area (Å²) in [6.07, 6.45) is 3.17. The highest BCUT2D eigenvalue weighted by Crippen LogP contribution is 2.37. The Morgan fingerprint density at radius 1 is 1.20 bits per heavy atom. The molecule has 20 heavy (non-hydrogen) atoms. The molecular weight excluding hydrogens is 371 g/mol. The maximum absolute atomic E-state index is 11.4. The molecule has 0 saturated carbocycles. The Balaban J connectivity index is 2.52. The zero-order valence-electron chi connectivity index (χ0n) is 10.8. The van der Waals surface area contributed by atoms with Gasteiger partial charge in [0.15, 0.2) is 0 Å². The van der Waals surface area contributed by atoms with Gasteiger partial charge in [0.25, 0.3) is 0 Å². The number of carbonyl (C=O) groups is 2. The van der Waals surface area contributed by atoms with E-state index < -0.39 is 17.4 Å². The highest BCUT2D eigenvalue weighted by atomic mass is 127. The van der Waals surface area contributed by atoms with Crippen LogP contribution in [0.25, 0.3) is 5.57 Å². The maximum atomic E-state index is 11.4. The second kappa shape index (κ2) is 5.40. The highest BCUT2D eigenvalue weighted by molar-refractivity contribution is 14.1. The number of allylic oxidation sites excluding steroid dienone is 2. The number of rotatable bonds is 3. The quantitative estimate of drug-likeness (QED) is 0.786. The van der Waals surface area contributed by atoms with Crippen LogP contribution in [0.2, 0.25) is 0 Å². The summed E-state index contributed by atoms with van der Waals surface area (Å²) in [5.74, 6) is -2.10. The Hall–Kier alpha value is -1.63. The molecule has 0 saturated heterocycles. The van der Waals surface area contributed by atoms with E-state index in [1.807, 2.05) is 24.3 Å². The van der Waals surface area contributed by atoms with Crippen LogP contribution in [0.5, 0.6) is 0 Å². The summed E-state index contributed by atoms with van der Waals surface area (Å²) < 4.78 is 1.06. The summed E-state index contributed by atoms with van der Waals surface area (Å²) in [5.41, 5.74) is 0.373. The van der Waals surface area contributed by atoms with E-state index >= 15 is 0 Å². The third-order valence-corrected chi connectivity index (χ3v) is 4.02. The average Bonchev–Trinajstić information content (AvgIpc) is 2.38. The number of hydrogen-bond donors (Lipinski definition) is 2. The Labute approximate surface area is 130 Å². The van der Waals surface area contributed by atoms with Gasteiger partial charge in [-0.15, -0.1) is 0 Å². The highest BCUT2D eigenvalue weighted by Gasteiger charge is 2.36. The summed E-state index contributed by atoms with van der Waals surface area (Å²) in [7, 11) is 0. The molecule has 5 heteroatoms. The normalized spacial score (nSPS) is 21.9. The molecule has 0 amide bonds. The number of benzene rings is 1. The molecule has 0 fully saturated rings. The molecule has 1 aliphatic carbocycles. The second-order valence-electron chi connectivity index (χ2n) is 4.98. The Morgan fingerprint density at radius 3 is 2.30 bits per heavy atom. The molecule has 104 valence electrons. The lowest BCUT2D eigenvalue weighted by Gasteiger charge is -2.26. The molecule has 1 atom stereocenters. The first-order valence-electron chi connectivity index (χ1n) is 5.98. The smallest absolute Gasteiger partial charge is 0.331 e. The zero-order valence-corrected chi connectivity index (χ0v) is 12.9. The van der Waals surface area contributed by atoms with Crippen LogP contribution in [0.3, 0.4) is 0 Å². The summed E-state index contributed by atoms with van der Waals surface area (Å²) in [4.78, 5) is 22.6. The molecule has 0 heterocycles. The zero-order chi connectivity index (χ0) is 14.9. The first-order valence-corrected chi connectivity index (χ1v) is 7.06. The first-order chi connectivity index (χ1) is 9.32. The Bertz CT molecular complexity index is 628. The summed E-state index contributed by atoms with van der Waals surface area (Å²) in [6.45, 7) is 1.54. The van der Waals surface area contributed by atoms with E-state index in [1.54, 1.807) is 12.2 Å². The number of carboxylic acid groups (broad SMARTS) is 2. The van der Waals surface area contributed by atoms with Crippen molar-refractivity contribution in [2.24, 2.45) is 5.41 Å². The van der Waals surface area contributed by atoms with Gasteiger partial charge in [0.05, 0.1) is 5.41 Å². The van der Waals surface area contributed by atoms with Gasteiger partial charge in [0.2, 0.25) is 0 Å². The van der Waals surface area contributed by atoms with Crippen molar-refractivity contribution in [2.75, 3.05) is 0 Å². The van der Waals surface area contributed by atoms with E-state index in [0.29, 0.717) is 5.57 Å². The van der Waals surface area contributed by atoms with Gasteiger partial charge in [-0.05, 0) is 65.3 Å². The van der Waals surface area contributed by atoms with E-state index in [-0.39, 0.29) is 12.0 Å². The van der Waals surface area contributed by atoms with E-state index in [1.165, 1.54) is 6.92 Å². The molecule has 1 aromatic carbocycles. The summed E-state index contributed by atoms with van der Waals surface area (Å²) in [6, 6.07) is 7.52. The fraction of sp³-hybridized carbons (Fsp3) is 0.200. The van der Waals surface area contributed by atoms with Crippen molar-refractivity contribution >= 4 is 40.1 Å². The predicted molar refractivity (Wildman–Crippen MR) is 83.2 cm³/mol. The van der Waals surface area contributed by atoms with Crippen molar-refractivity contribution in [1.29, 1.82) is 0 Å². The molecule has 1 aliphatic rings. The van der Waals surface area contributed by atoms with Crippen LogP contribution >= 0.6 is 22.6 Å². The summed E-state index contributed by atoms with van der Waals surface area (Å²) in [5, 5.41) is 18.5. The van der Waals surface area contributed by atoms with Crippen molar-refractivity contribution in [2.45, 2.75) is 13.3 Å². The lowest BCUT2D eigenvalue weighted by Crippen LogP contribution is -2.29. The topological polar surface area (TPSA) is 74.6 Å². The molecule has 0 aromatic heterocycles. The van der Waals surface area contributed by atoms with Crippen molar-refractivity contribution < 1.29 is 19.8 Å². The van der Waals surface area contributed by atoms with E-state index in [0.717, 1.165) is 9.13 Å². The number of halogens is 1. The average molecular weight is 384 g/mol. The molecule has 2 N–H and O–H groups in total. The van der Waals surface area contributed by atoms with Crippen molar-refractivity contribution in [3.8, 4) is 0 Å². The number of carboxylic acids is 2. The molecular formula is C15H13IO4. The third kappa shape index (κ3) is 2.92. The fourth-order valence-electron chi connectivity index (χ4n) is 2.15. The van der Waals surface area contributed by atoms with E-state index in [4.69, 9.17) is 0 Å². The van der Waals surface area contributed by atoms with Gasteiger partial charge in [-0.1, -0.05) is 18.2 Å². The molecule has 0 spiro atoms. The minimum absolute atomic E-state index is 0.00840. The second-order valence-corrected chi connectivity index (χ2v) is 6.23. The minimum Gasteiger partial charge on any atom is -0.481 e. The van der Waals surface area contributed by atoms with Gasteiger partial charge < -0.3 is 10.2 Å². The van der Waals surface area contributed by atoms with Gasteiger partial charge in [0.1, 0.15) is 0 Å². The molecule has 0 bridgehead atoms. The lowest BCUT2D eigenvalue weighted by atomic mass is 9.76. The maximum Gasteiger partial charge on any atom is 0.331 e. The SMILES string of the molecule is CC1(C(=O)O)C=C(c2ccc(I)cc2)C=C(C(=O)O)C1. The molecule has 1 aromatic rings.